The van der Waals surface area contributed by atoms with Crippen molar-refractivity contribution in [2.24, 2.45) is 18.8 Å². The Balaban J connectivity index is 2.44. The molecule has 4 nitrogen and oxygen atoms in total. The zero-order valence-electron chi connectivity index (χ0n) is 16.9. The fourth-order valence-corrected chi connectivity index (χ4v) is 1.41. The predicted octanol–water partition coefficient (Wildman–Crippen LogP) is 1.16. The van der Waals surface area contributed by atoms with Crippen molar-refractivity contribution in [1.82, 2.24) is 9.55 Å². The standard InChI is InChI=1S/C11H16N2O2/c1-3-10-8(6-15-11(10)14)4-9-5-12-7-13(9)2/h5,7-8,10H,3-4,6H2,1-2H3/t8-,10-/m0/s1/i1D3,2D3,6D2,8D. The molecule has 0 radical (unpaired) electrons. The Morgan fingerprint density at radius 1 is 1.93 bits per heavy atom. The number of hydrogen-bond acceptors (Lipinski definition) is 3. The van der Waals surface area contributed by atoms with Gasteiger partial charge in [0, 0.05) is 34.4 Å². The van der Waals surface area contributed by atoms with Crippen molar-refractivity contribution >= 4 is 5.97 Å². The van der Waals surface area contributed by atoms with Crippen LogP contribution in [-0.2, 0) is 22.9 Å². The van der Waals surface area contributed by atoms with Gasteiger partial charge in [0.05, 0.1) is 21.5 Å². The average molecular weight is 217 g/mol. The number of hydrogen-bond donors (Lipinski definition) is 0. The van der Waals surface area contributed by atoms with Gasteiger partial charge in [-0.05, 0) is 12.8 Å². The molecular formula is C11H16N2O2. The molecule has 0 amide bonds. The summed E-state index contributed by atoms with van der Waals surface area (Å²) < 4.78 is 73.6. The van der Waals surface area contributed by atoms with Crippen LogP contribution in [0, 0.1) is 11.8 Å². The first-order valence-electron chi connectivity index (χ1n) is 8.92. The minimum absolute atomic E-state index is 0.0114. The van der Waals surface area contributed by atoms with Crippen molar-refractivity contribution in [3.63, 3.8) is 0 Å². The molecular weight excluding hydrogens is 192 g/mol. The SMILES string of the molecule is [2H]C([2H])([2H])C[C@@H]1C(=O)OC([2H])([2H])[C@]1([2H])Cc1cncn1C([2H])([2H])[2H]. The smallest absolute Gasteiger partial charge is 0.309 e. The molecule has 0 N–H and O–H groups in total. The van der Waals surface area contributed by atoms with Gasteiger partial charge < -0.3 is 9.30 Å². The van der Waals surface area contributed by atoms with Gasteiger partial charge in [-0.15, -0.1) is 0 Å². The van der Waals surface area contributed by atoms with Crippen molar-refractivity contribution in [1.29, 1.82) is 0 Å². The van der Waals surface area contributed by atoms with E-state index in [0.29, 0.717) is 0 Å². The molecule has 2 atom stereocenters. The van der Waals surface area contributed by atoms with E-state index in [9.17, 15) is 4.79 Å². The Morgan fingerprint density at radius 3 is 3.67 bits per heavy atom. The third kappa shape index (κ3) is 1.89. The molecule has 1 aromatic heterocycles. The minimum atomic E-state index is -2.76. The van der Waals surface area contributed by atoms with Crippen molar-refractivity contribution in [3.8, 4) is 0 Å². The Bertz CT molecular complexity index is 636. The molecule has 1 aliphatic rings. The maximum absolute atomic E-state index is 11.9. The molecule has 0 bridgehead atoms. The number of aromatic nitrogens is 2. The predicted molar refractivity (Wildman–Crippen MR) is 55.1 cm³/mol. The summed E-state index contributed by atoms with van der Waals surface area (Å²) in [5, 5.41) is 0. The first-order valence-corrected chi connectivity index (χ1v) is 4.42. The first kappa shape index (κ1) is 3.92. The molecule has 1 aliphatic heterocycles. The minimum Gasteiger partial charge on any atom is -0.465 e. The summed E-state index contributed by atoms with van der Waals surface area (Å²) in [5.74, 6) is -4.97. The summed E-state index contributed by atoms with van der Waals surface area (Å²) in [4.78, 5) is 15.6. The Hall–Kier alpha value is -1.32. The molecule has 0 aliphatic carbocycles. The summed E-state index contributed by atoms with van der Waals surface area (Å²) in [7, 11) is 0. The topological polar surface area (TPSA) is 44.1 Å². The third-order valence-corrected chi connectivity index (χ3v) is 2.28. The Morgan fingerprint density at radius 2 is 2.87 bits per heavy atom. The number of esters is 1. The number of ether oxygens (including phenoxy) is 1. The fraction of sp³-hybridized carbons (Fsp3) is 0.636. The van der Waals surface area contributed by atoms with E-state index in [1.165, 1.54) is 0 Å². The first-order chi connectivity index (χ1) is 10.7. The second kappa shape index (κ2) is 4.04. The highest BCUT2D eigenvalue weighted by atomic mass is 16.5. The lowest BCUT2D eigenvalue weighted by Crippen LogP contribution is -2.18. The molecule has 0 saturated carbocycles. The molecule has 2 rings (SSSR count). The molecule has 82 valence electrons. The van der Waals surface area contributed by atoms with E-state index in [2.05, 4.69) is 9.72 Å². The van der Waals surface area contributed by atoms with Gasteiger partial charge in [0.1, 0.15) is 0 Å². The highest BCUT2D eigenvalue weighted by molar-refractivity contribution is 5.74. The van der Waals surface area contributed by atoms with Crippen LogP contribution in [-0.4, -0.2) is 22.1 Å². The van der Waals surface area contributed by atoms with Crippen molar-refractivity contribution in [2.75, 3.05) is 6.56 Å². The maximum Gasteiger partial charge on any atom is 0.309 e. The molecule has 0 spiro atoms. The van der Waals surface area contributed by atoms with Crippen LogP contribution in [0.2, 0.25) is 0 Å². The van der Waals surface area contributed by atoms with Crippen LogP contribution in [0.5, 0.6) is 0 Å². The van der Waals surface area contributed by atoms with E-state index in [4.69, 9.17) is 12.3 Å². The van der Waals surface area contributed by atoms with Crippen LogP contribution in [0.4, 0.5) is 0 Å². The Labute approximate surface area is 102 Å². The summed E-state index contributed by atoms with van der Waals surface area (Å²) in [6.45, 7) is -7.93. The van der Waals surface area contributed by atoms with E-state index in [1.54, 1.807) is 0 Å². The number of cyclic esters (lactones) is 1. The van der Waals surface area contributed by atoms with Crippen molar-refractivity contribution in [3.05, 3.63) is 18.2 Å². The Kier molecular flexibility index (Phi) is 1.06. The normalized spacial score (nSPS) is 44.4. The van der Waals surface area contributed by atoms with Crippen LogP contribution in [0.25, 0.3) is 0 Å². The van der Waals surface area contributed by atoms with Crippen LogP contribution < -0.4 is 0 Å². The van der Waals surface area contributed by atoms with Gasteiger partial charge in [-0.3, -0.25) is 4.79 Å². The monoisotopic (exact) mass is 217 g/mol. The van der Waals surface area contributed by atoms with E-state index in [1.807, 2.05) is 0 Å². The molecule has 1 saturated heterocycles. The number of rotatable bonds is 3. The highest BCUT2D eigenvalue weighted by Crippen LogP contribution is 2.27. The third-order valence-electron chi connectivity index (χ3n) is 2.28. The fourth-order valence-electron chi connectivity index (χ4n) is 1.41. The van der Waals surface area contributed by atoms with E-state index < -0.39 is 51.0 Å². The number of nitrogens with zero attached hydrogens (tertiary/aromatic N) is 2. The zero-order valence-corrected chi connectivity index (χ0v) is 7.86. The molecule has 1 fully saturated rings. The molecule has 0 aromatic carbocycles. The quantitative estimate of drug-likeness (QED) is 0.714. The van der Waals surface area contributed by atoms with Crippen LogP contribution in [0.1, 0.15) is 31.3 Å². The van der Waals surface area contributed by atoms with Crippen molar-refractivity contribution < 1.29 is 21.9 Å². The van der Waals surface area contributed by atoms with Gasteiger partial charge >= 0.3 is 5.97 Å². The molecule has 2 heterocycles. The zero-order chi connectivity index (χ0) is 18.6. The summed E-state index contributed by atoms with van der Waals surface area (Å²) >= 11 is 0. The average Bonchev–Trinajstić information content (AvgIpc) is 2.86. The maximum atomic E-state index is 11.9. The lowest BCUT2D eigenvalue weighted by molar-refractivity contribution is -0.141. The molecule has 0 unspecified atom stereocenters. The summed E-state index contributed by atoms with van der Waals surface area (Å²) in [6, 6.07) is 0. The van der Waals surface area contributed by atoms with Gasteiger partial charge in [-0.25, -0.2) is 4.98 Å². The largest absolute Gasteiger partial charge is 0.465 e. The van der Waals surface area contributed by atoms with Crippen molar-refractivity contribution in [2.45, 2.75) is 19.7 Å². The van der Waals surface area contributed by atoms with E-state index in [-0.39, 0.29) is 5.69 Å². The number of carbonyl (C=O) groups is 1. The number of imidazole rings is 1. The van der Waals surface area contributed by atoms with Gasteiger partial charge in [-0.2, -0.15) is 0 Å². The van der Waals surface area contributed by atoms with Gasteiger partial charge in [0.2, 0.25) is 0 Å². The number of aryl methyl sites for hydroxylation is 1. The van der Waals surface area contributed by atoms with Gasteiger partial charge in [-0.1, -0.05) is 6.85 Å². The van der Waals surface area contributed by atoms with Crippen LogP contribution in [0.3, 0.4) is 0 Å². The lowest BCUT2D eigenvalue weighted by Gasteiger charge is -2.12. The lowest BCUT2D eigenvalue weighted by atomic mass is 9.89. The van der Waals surface area contributed by atoms with E-state index in [0.717, 1.165) is 17.1 Å². The second-order valence-corrected chi connectivity index (χ2v) is 3.24. The molecule has 4 heteroatoms. The molecule has 1 aromatic rings. The van der Waals surface area contributed by atoms with Gasteiger partial charge in [0.25, 0.3) is 0 Å². The van der Waals surface area contributed by atoms with E-state index >= 15 is 0 Å². The molecule has 15 heavy (non-hydrogen) atoms. The second-order valence-electron chi connectivity index (χ2n) is 3.24. The van der Waals surface area contributed by atoms with Crippen LogP contribution in [0.15, 0.2) is 12.5 Å². The highest BCUT2D eigenvalue weighted by Gasteiger charge is 2.35. The summed E-state index contributed by atoms with van der Waals surface area (Å²) in [6.07, 6.45) is 0.882. The summed E-state index contributed by atoms with van der Waals surface area (Å²) in [5.41, 5.74) is -0.0114. The number of carbonyl (C=O) groups excluding carboxylic acids is 1. The van der Waals surface area contributed by atoms with Crippen LogP contribution >= 0.6 is 0 Å². The van der Waals surface area contributed by atoms with Gasteiger partial charge in [0.15, 0.2) is 0 Å².